The van der Waals surface area contributed by atoms with Crippen LogP contribution < -0.4 is 5.32 Å². The Labute approximate surface area is 123 Å². The number of hydrogen-bond donors (Lipinski definition) is 1. The molecule has 0 saturated carbocycles. The second-order valence-corrected chi connectivity index (χ2v) is 5.76. The van der Waals surface area contributed by atoms with Crippen LogP contribution in [-0.2, 0) is 0 Å². The molecule has 0 radical (unpaired) electrons. The summed E-state index contributed by atoms with van der Waals surface area (Å²) in [4.78, 5) is 6.67. The number of fused-ring (bicyclic) bond motifs is 1. The molecule has 1 saturated heterocycles. The summed E-state index contributed by atoms with van der Waals surface area (Å²) in [5.74, 6) is 0.787. The van der Waals surface area contributed by atoms with Crippen LogP contribution in [0.5, 0.6) is 0 Å². The van der Waals surface area contributed by atoms with Gasteiger partial charge in [0.1, 0.15) is 0 Å². The third-order valence-corrected chi connectivity index (χ3v) is 4.08. The number of halogens is 1. The Kier molecular flexibility index (Phi) is 3.72. The lowest BCUT2D eigenvalue weighted by Crippen LogP contribution is -2.40. The van der Waals surface area contributed by atoms with E-state index in [9.17, 15) is 0 Å². The molecule has 6 heteroatoms. The highest BCUT2D eigenvalue weighted by atomic mass is 35.5. The standard InChI is InChI=1S/C14H18ClN5/c1-9-12-11(5-6-16-9)13(15)18-19-14(12)17-10-4-3-7-20(2)8-10/h5-6,10H,3-4,7-8H2,1-2H3,(H,17,19). The van der Waals surface area contributed by atoms with E-state index in [4.69, 9.17) is 11.6 Å². The van der Waals surface area contributed by atoms with Gasteiger partial charge in [0.2, 0.25) is 0 Å². The van der Waals surface area contributed by atoms with E-state index in [1.54, 1.807) is 6.20 Å². The van der Waals surface area contributed by atoms with E-state index in [1.807, 2.05) is 13.0 Å². The van der Waals surface area contributed by atoms with Gasteiger partial charge in [0.25, 0.3) is 0 Å². The largest absolute Gasteiger partial charge is 0.364 e. The normalized spacial score (nSPS) is 20.2. The summed E-state index contributed by atoms with van der Waals surface area (Å²) in [5.41, 5.74) is 0.922. The molecular formula is C14H18ClN5. The Morgan fingerprint density at radius 2 is 2.25 bits per heavy atom. The third kappa shape index (κ3) is 2.55. The van der Waals surface area contributed by atoms with Crippen LogP contribution in [0.15, 0.2) is 12.3 Å². The number of aromatic nitrogens is 3. The molecule has 1 aliphatic heterocycles. The summed E-state index contributed by atoms with van der Waals surface area (Å²) in [6.45, 7) is 4.15. The first-order valence-electron chi connectivity index (χ1n) is 6.87. The zero-order valence-electron chi connectivity index (χ0n) is 11.7. The minimum Gasteiger partial charge on any atom is -0.364 e. The van der Waals surface area contributed by atoms with E-state index in [0.29, 0.717) is 11.2 Å². The van der Waals surface area contributed by atoms with E-state index < -0.39 is 0 Å². The van der Waals surface area contributed by atoms with Crippen LogP contribution in [0.4, 0.5) is 5.82 Å². The van der Waals surface area contributed by atoms with Crippen molar-refractivity contribution in [1.29, 1.82) is 0 Å². The minimum absolute atomic E-state index is 0.395. The topological polar surface area (TPSA) is 53.9 Å². The molecule has 2 aromatic rings. The van der Waals surface area contributed by atoms with Crippen molar-refractivity contribution >= 4 is 28.2 Å². The Morgan fingerprint density at radius 1 is 1.40 bits per heavy atom. The first kappa shape index (κ1) is 13.5. The molecule has 1 unspecified atom stereocenters. The molecule has 3 heterocycles. The molecule has 3 rings (SSSR count). The lowest BCUT2D eigenvalue weighted by atomic mass is 10.1. The molecule has 0 aliphatic carbocycles. The molecule has 0 aromatic carbocycles. The smallest absolute Gasteiger partial charge is 0.159 e. The summed E-state index contributed by atoms with van der Waals surface area (Å²) in [6, 6.07) is 2.28. The number of piperidine rings is 1. The Morgan fingerprint density at radius 3 is 3.05 bits per heavy atom. The zero-order chi connectivity index (χ0) is 14.1. The highest BCUT2D eigenvalue weighted by molar-refractivity contribution is 6.34. The fraction of sp³-hybridized carbons (Fsp3) is 0.500. The first-order chi connectivity index (χ1) is 9.65. The van der Waals surface area contributed by atoms with E-state index in [-0.39, 0.29) is 0 Å². The first-order valence-corrected chi connectivity index (χ1v) is 7.25. The van der Waals surface area contributed by atoms with Crippen molar-refractivity contribution in [2.45, 2.75) is 25.8 Å². The molecule has 0 bridgehead atoms. The number of likely N-dealkylation sites (N-methyl/N-ethyl adjacent to an activating group) is 1. The van der Waals surface area contributed by atoms with Crippen molar-refractivity contribution in [2.24, 2.45) is 0 Å². The number of rotatable bonds is 2. The molecule has 106 valence electrons. The van der Waals surface area contributed by atoms with Gasteiger partial charge < -0.3 is 10.2 Å². The van der Waals surface area contributed by atoms with Gasteiger partial charge in [-0.2, -0.15) is 0 Å². The van der Waals surface area contributed by atoms with E-state index in [0.717, 1.165) is 41.8 Å². The quantitative estimate of drug-likeness (QED) is 0.921. The van der Waals surface area contributed by atoms with Gasteiger partial charge in [-0.1, -0.05) is 11.6 Å². The second kappa shape index (κ2) is 5.50. The highest BCUT2D eigenvalue weighted by Gasteiger charge is 2.19. The Balaban J connectivity index is 1.97. The summed E-state index contributed by atoms with van der Waals surface area (Å²) in [7, 11) is 2.15. The van der Waals surface area contributed by atoms with Crippen molar-refractivity contribution in [3.05, 3.63) is 23.1 Å². The van der Waals surface area contributed by atoms with Crippen LogP contribution in [0, 0.1) is 6.92 Å². The van der Waals surface area contributed by atoms with E-state index in [2.05, 4.69) is 32.4 Å². The van der Waals surface area contributed by atoms with Gasteiger partial charge in [-0.15, -0.1) is 10.2 Å². The van der Waals surface area contributed by atoms with Gasteiger partial charge in [0.05, 0.1) is 5.39 Å². The Bertz CT molecular complexity index is 630. The number of pyridine rings is 1. The number of nitrogens with zero attached hydrogens (tertiary/aromatic N) is 4. The monoisotopic (exact) mass is 291 g/mol. The predicted octanol–water partition coefficient (Wildman–Crippen LogP) is 2.49. The maximum Gasteiger partial charge on any atom is 0.159 e. The van der Waals surface area contributed by atoms with Crippen molar-refractivity contribution in [2.75, 3.05) is 25.5 Å². The molecule has 1 N–H and O–H groups in total. The summed E-state index contributed by atoms with van der Waals surface area (Å²) in [5, 5.41) is 14.1. The van der Waals surface area contributed by atoms with Crippen molar-refractivity contribution in [3.8, 4) is 0 Å². The molecule has 1 atom stereocenters. The van der Waals surface area contributed by atoms with Gasteiger partial charge in [-0.25, -0.2) is 0 Å². The van der Waals surface area contributed by atoms with Crippen LogP contribution in [0.2, 0.25) is 5.15 Å². The number of hydrogen-bond acceptors (Lipinski definition) is 5. The van der Waals surface area contributed by atoms with Gasteiger partial charge in [-0.3, -0.25) is 4.98 Å². The van der Waals surface area contributed by atoms with Gasteiger partial charge >= 0.3 is 0 Å². The lowest BCUT2D eigenvalue weighted by molar-refractivity contribution is 0.261. The van der Waals surface area contributed by atoms with Crippen molar-refractivity contribution in [3.63, 3.8) is 0 Å². The van der Waals surface area contributed by atoms with Crippen LogP contribution in [0.25, 0.3) is 10.8 Å². The van der Waals surface area contributed by atoms with Gasteiger partial charge in [0, 0.05) is 29.9 Å². The third-order valence-electron chi connectivity index (χ3n) is 3.80. The number of nitrogens with one attached hydrogen (secondary N) is 1. The molecular weight excluding hydrogens is 274 g/mol. The van der Waals surface area contributed by atoms with Crippen LogP contribution in [-0.4, -0.2) is 46.3 Å². The van der Waals surface area contributed by atoms with Crippen LogP contribution in [0.3, 0.4) is 0 Å². The molecule has 20 heavy (non-hydrogen) atoms. The van der Waals surface area contributed by atoms with E-state index >= 15 is 0 Å². The highest BCUT2D eigenvalue weighted by Crippen LogP contribution is 2.28. The van der Waals surface area contributed by atoms with Crippen molar-refractivity contribution < 1.29 is 0 Å². The summed E-state index contributed by atoms with van der Waals surface area (Å²) >= 11 is 6.13. The van der Waals surface area contributed by atoms with Gasteiger partial charge in [0.15, 0.2) is 11.0 Å². The molecule has 5 nitrogen and oxygen atoms in total. The average molecular weight is 292 g/mol. The predicted molar refractivity (Wildman–Crippen MR) is 81.2 cm³/mol. The Hall–Kier alpha value is -1.46. The average Bonchev–Trinajstić information content (AvgIpc) is 2.42. The minimum atomic E-state index is 0.395. The second-order valence-electron chi connectivity index (χ2n) is 5.40. The molecule has 1 aliphatic rings. The number of anilines is 1. The molecule has 1 fully saturated rings. The summed E-state index contributed by atoms with van der Waals surface area (Å²) in [6.07, 6.45) is 4.10. The number of aryl methyl sites for hydroxylation is 1. The lowest BCUT2D eigenvalue weighted by Gasteiger charge is -2.30. The maximum absolute atomic E-state index is 6.13. The van der Waals surface area contributed by atoms with Crippen LogP contribution in [0.1, 0.15) is 18.5 Å². The van der Waals surface area contributed by atoms with E-state index in [1.165, 1.54) is 6.42 Å². The fourth-order valence-electron chi connectivity index (χ4n) is 2.81. The SMILES string of the molecule is Cc1nccc2c(Cl)nnc(NC3CCCN(C)C3)c12. The molecule has 0 spiro atoms. The fourth-order valence-corrected chi connectivity index (χ4v) is 3.01. The number of likely N-dealkylation sites (tertiary alicyclic amines) is 1. The van der Waals surface area contributed by atoms with Crippen molar-refractivity contribution in [1.82, 2.24) is 20.1 Å². The van der Waals surface area contributed by atoms with Gasteiger partial charge in [-0.05, 0) is 39.4 Å². The van der Waals surface area contributed by atoms with Crippen LogP contribution >= 0.6 is 11.6 Å². The molecule has 0 amide bonds. The maximum atomic E-state index is 6.13. The molecule has 2 aromatic heterocycles. The zero-order valence-corrected chi connectivity index (χ0v) is 12.5. The summed E-state index contributed by atoms with van der Waals surface area (Å²) < 4.78 is 0.